The Morgan fingerprint density at radius 1 is 1.14 bits per heavy atom. The van der Waals surface area contributed by atoms with E-state index in [1.165, 1.54) is 12.1 Å². The van der Waals surface area contributed by atoms with E-state index in [1.54, 1.807) is 37.5 Å². The summed E-state index contributed by atoms with van der Waals surface area (Å²) in [5, 5.41) is 11.8. The Hall–Kier alpha value is -3.54. The van der Waals surface area contributed by atoms with Gasteiger partial charge in [-0.2, -0.15) is 0 Å². The first-order valence-electron chi connectivity index (χ1n) is 9.34. The fourth-order valence-corrected chi connectivity index (χ4v) is 3.05. The topological polar surface area (TPSA) is 84.9 Å². The van der Waals surface area contributed by atoms with Gasteiger partial charge in [0.2, 0.25) is 5.91 Å². The summed E-state index contributed by atoms with van der Waals surface area (Å²) >= 11 is 0. The molecule has 0 spiro atoms. The summed E-state index contributed by atoms with van der Waals surface area (Å²) in [6.07, 6.45) is 9.37. The van der Waals surface area contributed by atoms with Crippen LogP contribution in [0.25, 0.3) is 6.08 Å². The van der Waals surface area contributed by atoms with Gasteiger partial charge in [0.15, 0.2) is 11.5 Å². The van der Waals surface area contributed by atoms with Gasteiger partial charge >= 0.3 is 5.97 Å². The van der Waals surface area contributed by atoms with E-state index in [0.717, 1.165) is 18.4 Å². The fourth-order valence-electron chi connectivity index (χ4n) is 3.05. The van der Waals surface area contributed by atoms with Gasteiger partial charge in [-0.05, 0) is 54.7 Å². The molecular formula is C23H23NO5. The van der Waals surface area contributed by atoms with Crippen LogP contribution < -0.4 is 14.8 Å². The zero-order chi connectivity index (χ0) is 20.6. The second-order valence-corrected chi connectivity index (χ2v) is 6.70. The van der Waals surface area contributed by atoms with Gasteiger partial charge in [-0.3, -0.25) is 4.79 Å². The Kier molecular flexibility index (Phi) is 6.68. The van der Waals surface area contributed by atoms with Crippen molar-refractivity contribution < 1.29 is 24.2 Å². The van der Waals surface area contributed by atoms with E-state index in [1.807, 2.05) is 12.1 Å². The normalized spacial score (nSPS) is 13.6. The number of methoxy groups -OCH3 is 1. The highest BCUT2D eigenvalue weighted by atomic mass is 16.5. The number of carbonyl (C=O) groups excluding carboxylic acids is 1. The Morgan fingerprint density at radius 3 is 2.62 bits per heavy atom. The van der Waals surface area contributed by atoms with Gasteiger partial charge in [0, 0.05) is 6.08 Å². The van der Waals surface area contributed by atoms with Crippen LogP contribution in [0, 0.1) is 5.92 Å². The van der Waals surface area contributed by atoms with Crippen LogP contribution in [-0.4, -0.2) is 30.7 Å². The Morgan fingerprint density at radius 2 is 1.90 bits per heavy atom. The minimum Gasteiger partial charge on any atom is -0.493 e. The number of benzene rings is 2. The van der Waals surface area contributed by atoms with Crippen LogP contribution in [0.4, 0.5) is 5.69 Å². The molecule has 0 heterocycles. The van der Waals surface area contributed by atoms with E-state index in [-0.39, 0.29) is 11.3 Å². The number of carboxylic acids is 1. The quantitative estimate of drug-likeness (QED) is 0.513. The molecule has 0 saturated carbocycles. The highest BCUT2D eigenvalue weighted by Crippen LogP contribution is 2.30. The average Bonchev–Trinajstić information content (AvgIpc) is 3.25. The zero-order valence-corrected chi connectivity index (χ0v) is 16.1. The van der Waals surface area contributed by atoms with Crippen molar-refractivity contribution in [3.05, 3.63) is 71.8 Å². The third-order valence-electron chi connectivity index (χ3n) is 4.61. The lowest BCUT2D eigenvalue weighted by Gasteiger charge is -2.14. The van der Waals surface area contributed by atoms with Crippen LogP contribution in [0.3, 0.4) is 0 Å². The Labute approximate surface area is 169 Å². The van der Waals surface area contributed by atoms with Crippen LogP contribution >= 0.6 is 0 Å². The highest BCUT2D eigenvalue weighted by Gasteiger charge is 2.13. The molecule has 2 aromatic rings. The SMILES string of the molecule is COc1cc(/C=C/C(=O)Nc2ccccc2C(=O)O)ccc1OCC1CC=CC1. The molecule has 1 aliphatic carbocycles. The smallest absolute Gasteiger partial charge is 0.337 e. The first-order valence-corrected chi connectivity index (χ1v) is 9.34. The van der Waals surface area contributed by atoms with Gasteiger partial charge in [0.05, 0.1) is 25.0 Å². The van der Waals surface area contributed by atoms with Crippen LogP contribution in [-0.2, 0) is 4.79 Å². The van der Waals surface area contributed by atoms with E-state index < -0.39 is 11.9 Å². The monoisotopic (exact) mass is 393 g/mol. The summed E-state index contributed by atoms with van der Waals surface area (Å²) in [6.45, 7) is 0.629. The molecule has 1 aliphatic rings. The van der Waals surface area contributed by atoms with Gasteiger partial charge in [0.1, 0.15) is 0 Å². The molecular weight excluding hydrogens is 370 g/mol. The lowest BCUT2D eigenvalue weighted by atomic mass is 10.1. The van der Waals surface area contributed by atoms with E-state index in [9.17, 15) is 14.7 Å². The first kappa shape index (κ1) is 20.2. The number of hydrogen-bond donors (Lipinski definition) is 2. The van der Waals surface area contributed by atoms with Crippen molar-refractivity contribution >= 4 is 23.6 Å². The van der Waals surface area contributed by atoms with Gasteiger partial charge in [-0.15, -0.1) is 0 Å². The number of nitrogens with one attached hydrogen (secondary N) is 1. The van der Waals surface area contributed by atoms with Crippen molar-refractivity contribution in [2.75, 3.05) is 19.0 Å². The number of carbonyl (C=O) groups is 2. The molecule has 0 saturated heterocycles. The summed E-state index contributed by atoms with van der Waals surface area (Å²) in [7, 11) is 1.57. The van der Waals surface area contributed by atoms with Crippen molar-refractivity contribution in [3.8, 4) is 11.5 Å². The predicted octanol–water partition coefficient (Wildman–Crippen LogP) is 4.39. The number of ether oxygens (including phenoxy) is 2. The van der Waals surface area contributed by atoms with Crippen molar-refractivity contribution in [2.24, 2.45) is 5.92 Å². The predicted molar refractivity (Wildman–Crippen MR) is 111 cm³/mol. The first-order chi connectivity index (χ1) is 14.1. The minimum absolute atomic E-state index is 0.0369. The number of carboxylic acid groups (broad SMARTS) is 1. The number of allylic oxidation sites excluding steroid dienone is 2. The van der Waals surface area contributed by atoms with E-state index >= 15 is 0 Å². The molecule has 0 radical (unpaired) electrons. The summed E-state index contributed by atoms with van der Waals surface area (Å²) < 4.78 is 11.3. The van der Waals surface area contributed by atoms with Crippen LogP contribution in [0.2, 0.25) is 0 Å². The van der Waals surface area contributed by atoms with E-state index in [2.05, 4.69) is 17.5 Å². The molecule has 0 unspecified atom stereocenters. The molecule has 0 aromatic heterocycles. The summed E-state index contributed by atoms with van der Waals surface area (Å²) in [5.74, 6) is 0.230. The largest absolute Gasteiger partial charge is 0.493 e. The second-order valence-electron chi connectivity index (χ2n) is 6.70. The summed E-state index contributed by atoms with van der Waals surface area (Å²) in [6, 6.07) is 11.7. The summed E-state index contributed by atoms with van der Waals surface area (Å²) in [4.78, 5) is 23.4. The van der Waals surface area contributed by atoms with Gasteiger partial charge in [0.25, 0.3) is 0 Å². The Bertz CT molecular complexity index is 940. The maximum atomic E-state index is 12.2. The minimum atomic E-state index is -1.10. The van der Waals surface area contributed by atoms with Gasteiger partial charge in [-0.25, -0.2) is 4.79 Å². The number of para-hydroxylation sites is 1. The molecule has 2 aromatic carbocycles. The maximum absolute atomic E-state index is 12.2. The molecule has 0 aliphatic heterocycles. The third kappa shape index (κ3) is 5.48. The molecule has 0 bridgehead atoms. The summed E-state index contributed by atoms with van der Waals surface area (Å²) in [5.41, 5.74) is 1.05. The number of hydrogen-bond acceptors (Lipinski definition) is 4. The molecule has 6 heteroatoms. The average molecular weight is 393 g/mol. The zero-order valence-electron chi connectivity index (χ0n) is 16.1. The van der Waals surface area contributed by atoms with E-state index in [0.29, 0.717) is 24.0 Å². The number of anilines is 1. The molecule has 6 nitrogen and oxygen atoms in total. The van der Waals surface area contributed by atoms with Crippen molar-refractivity contribution in [1.29, 1.82) is 0 Å². The lowest BCUT2D eigenvalue weighted by molar-refractivity contribution is -0.111. The standard InChI is InChI=1S/C23H23NO5/c1-28-21-14-16(10-12-20(21)29-15-17-6-2-3-7-17)11-13-22(25)24-19-9-5-4-8-18(19)23(26)27/h2-5,8-14,17H,6-7,15H2,1H3,(H,24,25)(H,26,27)/b13-11+. The van der Waals surface area contributed by atoms with Crippen molar-refractivity contribution in [2.45, 2.75) is 12.8 Å². The van der Waals surface area contributed by atoms with Crippen LogP contribution in [0.1, 0.15) is 28.8 Å². The van der Waals surface area contributed by atoms with Gasteiger partial charge in [-0.1, -0.05) is 30.4 Å². The molecule has 1 amide bonds. The molecule has 0 fully saturated rings. The lowest BCUT2D eigenvalue weighted by Crippen LogP contribution is -2.11. The highest BCUT2D eigenvalue weighted by molar-refractivity contribution is 6.06. The molecule has 3 rings (SSSR count). The number of amides is 1. The number of aromatic carboxylic acids is 1. The fraction of sp³-hybridized carbons (Fsp3) is 0.217. The molecule has 150 valence electrons. The van der Waals surface area contributed by atoms with Crippen molar-refractivity contribution in [1.82, 2.24) is 0 Å². The number of rotatable bonds is 8. The van der Waals surface area contributed by atoms with E-state index in [4.69, 9.17) is 9.47 Å². The Balaban J connectivity index is 1.63. The molecule has 0 atom stereocenters. The maximum Gasteiger partial charge on any atom is 0.337 e. The van der Waals surface area contributed by atoms with Crippen molar-refractivity contribution in [3.63, 3.8) is 0 Å². The van der Waals surface area contributed by atoms with Crippen LogP contribution in [0.15, 0.2) is 60.7 Å². The third-order valence-corrected chi connectivity index (χ3v) is 4.61. The molecule has 2 N–H and O–H groups in total. The van der Waals surface area contributed by atoms with Gasteiger partial charge < -0.3 is 19.9 Å². The van der Waals surface area contributed by atoms with Crippen LogP contribution in [0.5, 0.6) is 11.5 Å². The second kappa shape index (κ2) is 9.59. The molecule has 29 heavy (non-hydrogen) atoms.